The molecule has 2 unspecified atom stereocenters. The number of methoxy groups -OCH3 is 1. The van der Waals surface area contributed by atoms with Crippen LogP contribution in [0, 0.1) is 0 Å². The Morgan fingerprint density at radius 1 is 0.857 bits per heavy atom. The molecule has 3 saturated heterocycles. The lowest BCUT2D eigenvalue weighted by molar-refractivity contribution is -0.133. The number of carbonyl (C=O) groups is 4. The van der Waals surface area contributed by atoms with Crippen molar-refractivity contribution >= 4 is 35.3 Å². The summed E-state index contributed by atoms with van der Waals surface area (Å²) in [6.45, 7) is 7.14. The lowest BCUT2D eigenvalue weighted by Gasteiger charge is -2.32. The van der Waals surface area contributed by atoms with Crippen LogP contribution >= 0.6 is 0 Å². The van der Waals surface area contributed by atoms with E-state index in [4.69, 9.17) is 4.74 Å². The van der Waals surface area contributed by atoms with Gasteiger partial charge in [-0.25, -0.2) is 9.48 Å². The fourth-order valence-corrected chi connectivity index (χ4v) is 7.89. The first kappa shape index (κ1) is 40.9. The highest BCUT2D eigenvalue weighted by Gasteiger charge is 2.27. The molecule has 6 rings (SSSR count). The lowest BCUT2D eigenvalue weighted by Crippen LogP contribution is -2.47. The maximum absolute atomic E-state index is 13.1. The largest absolute Gasteiger partial charge is 0.383 e. The third kappa shape index (κ3) is 12.1. The van der Waals surface area contributed by atoms with Gasteiger partial charge in [-0.1, -0.05) is 56.0 Å². The van der Waals surface area contributed by atoms with Gasteiger partial charge < -0.3 is 25.6 Å². The number of amides is 5. The van der Waals surface area contributed by atoms with Crippen LogP contribution in [-0.2, 0) is 14.3 Å². The minimum atomic E-state index is -0.362. The summed E-state index contributed by atoms with van der Waals surface area (Å²) >= 11 is 0. The molecular weight excluding hydrogens is 711 g/mol. The highest BCUT2D eigenvalue weighted by molar-refractivity contribution is 6.01. The molecule has 0 radical (unpaired) electrons. The Morgan fingerprint density at radius 2 is 1.59 bits per heavy atom. The molecule has 14 heteroatoms. The molecule has 2 atom stereocenters. The summed E-state index contributed by atoms with van der Waals surface area (Å²) in [5.74, 6) is 0.291. The van der Waals surface area contributed by atoms with Crippen molar-refractivity contribution in [1.82, 2.24) is 35.5 Å². The Kier molecular flexibility index (Phi) is 15.3. The van der Waals surface area contributed by atoms with Crippen LogP contribution in [0.1, 0.15) is 92.6 Å². The van der Waals surface area contributed by atoms with E-state index < -0.39 is 0 Å². The number of imide groups is 1. The van der Waals surface area contributed by atoms with E-state index in [1.165, 1.54) is 24.8 Å². The first-order valence-electron chi connectivity index (χ1n) is 20.5. The number of unbranched alkanes of at least 4 members (excludes halogenated alkanes) is 5. The average Bonchev–Trinajstić information content (AvgIpc) is 3.85. The van der Waals surface area contributed by atoms with E-state index in [1.54, 1.807) is 17.9 Å². The number of hydrogen-bond donors (Lipinski definition) is 5. The molecule has 0 bridgehead atoms. The number of nitrogens with zero attached hydrogens (tertiary/aromatic N) is 4. The van der Waals surface area contributed by atoms with Gasteiger partial charge in [0.05, 0.1) is 12.3 Å². The summed E-state index contributed by atoms with van der Waals surface area (Å²) in [5, 5.41) is 19.2. The van der Waals surface area contributed by atoms with Gasteiger partial charge in [-0.2, -0.15) is 5.10 Å². The summed E-state index contributed by atoms with van der Waals surface area (Å²) in [6.07, 6.45) is 10.8. The number of urea groups is 1. The van der Waals surface area contributed by atoms with Crippen LogP contribution in [0.4, 0.5) is 16.3 Å². The molecule has 0 saturated carbocycles. The second-order valence-corrected chi connectivity index (χ2v) is 15.3. The number of piperidine rings is 2. The van der Waals surface area contributed by atoms with Crippen LogP contribution < -0.4 is 26.6 Å². The molecule has 2 aromatic carbocycles. The van der Waals surface area contributed by atoms with Crippen molar-refractivity contribution in [2.75, 3.05) is 70.2 Å². The quantitative estimate of drug-likeness (QED) is 0.0846. The zero-order chi connectivity index (χ0) is 39.1. The summed E-state index contributed by atoms with van der Waals surface area (Å²) in [5.41, 5.74) is 3.28. The first-order valence-corrected chi connectivity index (χ1v) is 20.5. The minimum Gasteiger partial charge on any atom is -0.383 e. The molecule has 3 aromatic rings. The Morgan fingerprint density at radius 3 is 2.34 bits per heavy atom. The van der Waals surface area contributed by atoms with Crippen LogP contribution in [0.25, 0.3) is 5.69 Å². The number of anilines is 2. The number of likely N-dealkylation sites (tertiary alicyclic amines) is 2. The van der Waals surface area contributed by atoms with Crippen LogP contribution in [0.3, 0.4) is 0 Å². The van der Waals surface area contributed by atoms with Gasteiger partial charge >= 0.3 is 6.03 Å². The van der Waals surface area contributed by atoms with Crippen LogP contribution in [0.5, 0.6) is 0 Å². The predicted molar refractivity (Wildman–Crippen MR) is 217 cm³/mol. The van der Waals surface area contributed by atoms with E-state index in [0.29, 0.717) is 37.7 Å². The van der Waals surface area contributed by atoms with Crippen molar-refractivity contribution in [2.24, 2.45) is 0 Å². The average molecular weight is 770 g/mol. The summed E-state index contributed by atoms with van der Waals surface area (Å²) in [4.78, 5) is 54.4. The maximum Gasteiger partial charge on any atom is 0.320 e. The van der Waals surface area contributed by atoms with E-state index in [1.807, 2.05) is 42.5 Å². The topological polar surface area (TPSA) is 162 Å². The van der Waals surface area contributed by atoms with Crippen molar-refractivity contribution in [3.05, 3.63) is 71.9 Å². The zero-order valence-electron chi connectivity index (χ0n) is 32.8. The number of rotatable bonds is 19. The van der Waals surface area contributed by atoms with Crippen LogP contribution in [0.15, 0.2) is 60.7 Å². The molecule has 3 aliphatic rings. The molecule has 0 spiro atoms. The van der Waals surface area contributed by atoms with E-state index in [0.717, 1.165) is 89.2 Å². The standard InChI is InChI=1S/C42H59N9O5/c1-56-28-27-50-26-21-34(30-50)45-42(55)46-38-29-37(48-51(38)35-11-7-6-8-12-35)40(53)43-22-9-4-2-3-5-10-23-49-24-19-32(20-25-49)31-13-15-33(16-14-31)44-36-17-18-39(52)47-41(36)54/h6-8,11-16,29,32,34,36,44H,2-5,9-10,17-28,30H2,1H3,(H,43,53)(H2,45,46,55)(H,47,52,54). The van der Waals surface area contributed by atoms with Gasteiger partial charge in [-0.15, -0.1) is 0 Å². The van der Waals surface area contributed by atoms with Gasteiger partial charge in [0.1, 0.15) is 11.9 Å². The summed E-state index contributed by atoms with van der Waals surface area (Å²) in [7, 11) is 1.69. The van der Waals surface area contributed by atoms with Crippen molar-refractivity contribution in [3.63, 3.8) is 0 Å². The molecule has 5 N–H and O–H groups in total. The van der Waals surface area contributed by atoms with Crippen LogP contribution in [0.2, 0.25) is 0 Å². The molecular formula is C42H59N9O5. The third-order valence-electron chi connectivity index (χ3n) is 11.1. The van der Waals surface area contributed by atoms with Gasteiger partial charge in [0, 0.05) is 57.5 Å². The molecule has 3 fully saturated rings. The Hall–Kier alpha value is -4.79. The third-order valence-corrected chi connectivity index (χ3v) is 11.1. The van der Waals surface area contributed by atoms with E-state index in [-0.39, 0.29) is 41.5 Å². The summed E-state index contributed by atoms with van der Waals surface area (Å²) in [6, 6.07) is 18.9. The maximum atomic E-state index is 13.1. The van der Waals surface area contributed by atoms with Crippen molar-refractivity contribution in [1.29, 1.82) is 0 Å². The predicted octanol–water partition coefficient (Wildman–Crippen LogP) is 4.88. The van der Waals surface area contributed by atoms with Gasteiger partial charge in [0.15, 0.2) is 5.69 Å². The van der Waals surface area contributed by atoms with Gasteiger partial charge in [-0.3, -0.25) is 29.9 Å². The fraction of sp³-hybridized carbons (Fsp3) is 0.548. The number of carbonyl (C=O) groups excluding carboxylic acids is 4. The molecule has 1 aromatic heterocycles. The first-order chi connectivity index (χ1) is 27.3. The highest BCUT2D eigenvalue weighted by atomic mass is 16.5. The molecule has 302 valence electrons. The number of ether oxygens (including phenoxy) is 1. The van der Waals surface area contributed by atoms with E-state index >= 15 is 0 Å². The monoisotopic (exact) mass is 769 g/mol. The van der Waals surface area contributed by atoms with E-state index in [2.05, 4.69) is 53.6 Å². The molecule has 56 heavy (non-hydrogen) atoms. The van der Waals surface area contributed by atoms with Crippen LogP contribution in [-0.4, -0.2) is 115 Å². The smallest absolute Gasteiger partial charge is 0.320 e. The van der Waals surface area contributed by atoms with Crippen molar-refractivity contribution in [3.8, 4) is 5.69 Å². The highest BCUT2D eigenvalue weighted by Crippen LogP contribution is 2.29. The summed E-state index contributed by atoms with van der Waals surface area (Å²) < 4.78 is 6.78. The number of nitrogens with one attached hydrogen (secondary N) is 5. The normalized spacial score (nSPS) is 19.4. The van der Waals surface area contributed by atoms with Gasteiger partial charge in [-0.05, 0) is 93.9 Å². The zero-order valence-corrected chi connectivity index (χ0v) is 32.8. The number of hydrogen-bond acceptors (Lipinski definition) is 9. The SMILES string of the molecule is COCCN1CCC(NC(=O)Nc2cc(C(=O)NCCCCCCCCN3CCC(c4ccc(NC5CCC(=O)NC5=O)cc4)CC3)nn2-c2ccccc2)C1. The number of aromatic nitrogens is 2. The second kappa shape index (κ2) is 20.9. The number of benzene rings is 2. The van der Waals surface area contributed by atoms with Gasteiger partial charge in [0.2, 0.25) is 11.8 Å². The second-order valence-electron chi connectivity index (χ2n) is 15.3. The Bertz CT molecular complexity index is 1730. The van der Waals surface area contributed by atoms with Crippen molar-refractivity contribution < 1.29 is 23.9 Å². The fourth-order valence-electron chi connectivity index (χ4n) is 7.89. The minimum absolute atomic E-state index is 0.0444. The number of para-hydroxylation sites is 1. The van der Waals surface area contributed by atoms with Crippen molar-refractivity contribution in [2.45, 2.75) is 88.6 Å². The molecule has 4 heterocycles. The molecule has 3 aliphatic heterocycles. The Labute approximate surface area is 330 Å². The Balaban J connectivity index is 0.833. The molecule has 5 amide bonds. The molecule has 14 nitrogen and oxygen atoms in total. The van der Waals surface area contributed by atoms with E-state index in [9.17, 15) is 19.2 Å². The molecule has 0 aliphatic carbocycles. The lowest BCUT2D eigenvalue weighted by atomic mass is 9.89. The van der Waals surface area contributed by atoms with Gasteiger partial charge in [0.25, 0.3) is 5.91 Å².